The molecule has 2 aromatic carbocycles. The molecule has 202 valence electrons. The highest BCUT2D eigenvalue weighted by Gasteiger charge is 2.41. The lowest BCUT2D eigenvalue weighted by atomic mass is 9.90. The Labute approximate surface area is 220 Å². The maximum Gasteiger partial charge on any atom is 0.219 e. The number of hydrogen-bond acceptors (Lipinski definition) is 7. The number of piperidine rings is 1. The van der Waals surface area contributed by atoms with E-state index in [1.807, 2.05) is 50.2 Å². The molecule has 0 saturated carbocycles. The van der Waals surface area contributed by atoms with Crippen molar-refractivity contribution in [2.24, 2.45) is 0 Å². The summed E-state index contributed by atoms with van der Waals surface area (Å²) < 4.78 is 11.4. The summed E-state index contributed by atoms with van der Waals surface area (Å²) >= 11 is 0. The zero-order chi connectivity index (χ0) is 26.6. The van der Waals surface area contributed by atoms with E-state index in [-0.39, 0.29) is 19.1 Å². The van der Waals surface area contributed by atoms with Crippen LogP contribution in [0.15, 0.2) is 42.5 Å². The quantitative estimate of drug-likeness (QED) is 0.591. The molecule has 8 nitrogen and oxygen atoms in total. The fraction of sp³-hybridized carbons (Fsp3) is 0.552. The van der Waals surface area contributed by atoms with Gasteiger partial charge in [0.25, 0.3) is 0 Å². The average Bonchev–Trinajstić information content (AvgIpc) is 3.04. The molecule has 1 atom stereocenters. The molecular weight excluding hydrogens is 470 g/mol. The van der Waals surface area contributed by atoms with Crippen LogP contribution in [0.25, 0.3) is 0 Å². The predicted molar refractivity (Wildman–Crippen MR) is 144 cm³/mol. The largest absolute Gasteiger partial charge is 0.497 e. The molecule has 8 heteroatoms. The third-order valence-electron chi connectivity index (χ3n) is 7.75. The Morgan fingerprint density at radius 1 is 0.919 bits per heavy atom. The van der Waals surface area contributed by atoms with Crippen molar-refractivity contribution in [1.29, 1.82) is 0 Å². The number of rotatable bonds is 7. The van der Waals surface area contributed by atoms with Crippen molar-refractivity contribution < 1.29 is 24.5 Å². The van der Waals surface area contributed by atoms with Gasteiger partial charge in [-0.1, -0.05) is 12.1 Å². The van der Waals surface area contributed by atoms with E-state index in [1.54, 1.807) is 12.0 Å². The molecule has 2 aliphatic rings. The van der Waals surface area contributed by atoms with Crippen LogP contribution in [0.5, 0.6) is 11.5 Å². The molecule has 4 rings (SSSR count). The molecule has 2 fully saturated rings. The first-order valence-corrected chi connectivity index (χ1v) is 13.1. The lowest BCUT2D eigenvalue weighted by molar-refractivity contribution is -0.132. The van der Waals surface area contributed by atoms with Crippen LogP contribution in [0, 0.1) is 13.8 Å². The normalized spacial score (nSPS) is 22.4. The summed E-state index contributed by atoms with van der Waals surface area (Å²) in [5, 5.41) is 23.1. The van der Waals surface area contributed by atoms with Crippen LogP contribution in [-0.4, -0.2) is 96.7 Å². The first-order chi connectivity index (χ1) is 17.6. The molecule has 0 bridgehead atoms. The van der Waals surface area contributed by atoms with Gasteiger partial charge >= 0.3 is 0 Å². The Morgan fingerprint density at radius 3 is 2.35 bits per heavy atom. The summed E-state index contributed by atoms with van der Waals surface area (Å²) in [5.41, 5.74) is 1.28. The van der Waals surface area contributed by atoms with E-state index in [2.05, 4.69) is 15.9 Å². The highest BCUT2D eigenvalue weighted by Crippen LogP contribution is 2.30. The first-order valence-electron chi connectivity index (χ1n) is 13.1. The standard InChI is InChI=1S/C29H41N3O5/c1-22-8-9-27(16-23(22)2)37-21-29(35)19-30(14-15-32(20-29)24(3)33)18-28(34)10-12-31(13-11-28)25-6-5-7-26(17-25)36-4/h5-9,16-17,34-35H,10-15,18-21H2,1-4H3/t29-/m1/s1. The van der Waals surface area contributed by atoms with Crippen LogP contribution >= 0.6 is 0 Å². The first kappa shape index (κ1) is 27.2. The Balaban J connectivity index is 1.41. The SMILES string of the molecule is COc1cccc(N2CCC(O)(CN3CCN(C(C)=O)C[C@@](O)(COc4ccc(C)c(C)c4)C3)CC2)c1. The number of carbonyl (C=O) groups is 1. The van der Waals surface area contributed by atoms with Crippen molar-refractivity contribution in [1.82, 2.24) is 9.80 Å². The van der Waals surface area contributed by atoms with Crippen molar-refractivity contribution in [2.75, 3.05) is 64.4 Å². The number of anilines is 1. The Kier molecular flexibility index (Phi) is 8.31. The van der Waals surface area contributed by atoms with Crippen LogP contribution in [0.1, 0.15) is 30.9 Å². The molecule has 37 heavy (non-hydrogen) atoms. The van der Waals surface area contributed by atoms with Gasteiger partial charge in [-0.3, -0.25) is 9.69 Å². The summed E-state index contributed by atoms with van der Waals surface area (Å²) in [4.78, 5) is 18.3. The van der Waals surface area contributed by atoms with E-state index < -0.39 is 11.2 Å². The minimum Gasteiger partial charge on any atom is -0.497 e. The Hall–Kier alpha value is -2.81. The van der Waals surface area contributed by atoms with Crippen molar-refractivity contribution in [2.45, 2.75) is 44.8 Å². The van der Waals surface area contributed by atoms with Crippen molar-refractivity contribution in [3.05, 3.63) is 53.6 Å². The van der Waals surface area contributed by atoms with E-state index >= 15 is 0 Å². The smallest absolute Gasteiger partial charge is 0.219 e. The molecule has 2 aromatic rings. The number of benzene rings is 2. The monoisotopic (exact) mass is 511 g/mol. The summed E-state index contributed by atoms with van der Waals surface area (Å²) in [6.07, 6.45) is 1.24. The molecule has 0 radical (unpaired) electrons. The van der Waals surface area contributed by atoms with Gasteiger partial charge in [0.15, 0.2) is 0 Å². The molecule has 2 heterocycles. The second kappa shape index (κ2) is 11.3. The summed E-state index contributed by atoms with van der Waals surface area (Å²) in [5.74, 6) is 1.45. The number of nitrogens with zero attached hydrogens (tertiary/aromatic N) is 3. The number of ether oxygens (including phenoxy) is 2. The molecule has 2 saturated heterocycles. The molecular formula is C29H41N3O5. The average molecular weight is 512 g/mol. The number of hydrogen-bond donors (Lipinski definition) is 2. The highest BCUT2D eigenvalue weighted by molar-refractivity contribution is 5.73. The fourth-order valence-corrected chi connectivity index (χ4v) is 5.32. The van der Waals surface area contributed by atoms with Gasteiger partial charge in [-0.15, -0.1) is 0 Å². The maximum atomic E-state index is 12.3. The summed E-state index contributed by atoms with van der Waals surface area (Å²) in [7, 11) is 1.66. The van der Waals surface area contributed by atoms with E-state index in [0.29, 0.717) is 44.8 Å². The molecule has 1 amide bonds. The van der Waals surface area contributed by atoms with E-state index in [9.17, 15) is 15.0 Å². The number of aliphatic hydroxyl groups is 2. The molecule has 0 unspecified atom stereocenters. The fourth-order valence-electron chi connectivity index (χ4n) is 5.32. The van der Waals surface area contributed by atoms with Crippen molar-refractivity contribution in [3.63, 3.8) is 0 Å². The molecule has 2 N–H and O–H groups in total. The maximum absolute atomic E-state index is 12.3. The zero-order valence-electron chi connectivity index (χ0n) is 22.6. The van der Waals surface area contributed by atoms with E-state index in [4.69, 9.17) is 9.47 Å². The van der Waals surface area contributed by atoms with Gasteiger partial charge in [0.05, 0.1) is 19.3 Å². The summed E-state index contributed by atoms with van der Waals surface area (Å²) in [6, 6.07) is 13.9. The Morgan fingerprint density at radius 2 is 1.68 bits per heavy atom. The number of carbonyl (C=O) groups excluding carboxylic acids is 1. The van der Waals surface area contributed by atoms with Crippen LogP contribution < -0.4 is 14.4 Å². The zero-order valence-corrected chi connectivity index (χ0v) is 22.6. The number of aryl methyl sites for hydroxylation is 2. The predicted octanol–water partition coefficient (Wildman–Crippen LogP) is 2.62. The molecule has 0 spiro atoms. The van der Waals surface area contributed by atoms with Crippen molar-refractivity contribution >= 4 is 11.6 Å². The van der Waals surface area contributed by atoms with Crippen LogP contribution in [0.2, 0.25) is 0 Å². The van der Waals surface area contributed by atoms with Gasteiger partial charge in [0.1, 0.15) is 23.7 Å². The topological polar surface area (TPSA) is 85.7 Å². The van der Waals surface area contributed by atoms with Gasteiger partial charge in [-0.05, 0) is 62.1 Å². The third-order valence-corrected chi connectivity index (χ3v) is 7.75. The number of amides is 1. The van der Waals surface area contributed by atoms with Gasteiger partial charge < -0.3 is 29.5 Å². The van der Waals surface area contributed by atoms with Gasteiger partial charge in [0.2, 0.25) is 5.91 Å². The van der Waals surface area contributed by atoms with Crippen molar-refractivity contribution in [3.8, 4) is 11.5 Å². The third kappa shape index (κ3) is 6.94. The number of methoxy groups -OCH3 is 1. The number of β-amino-alcohol motifs (C(OH)–C–C–N with tert-alkyl or cyclic N) is 2. The van der Waals surface area contributed by atoms with Gasteiger partial charge in [-0.25, -0.2) is 0 Å². The summed E-state index contributed by atoms with van der Waals surface area (Å²) in [6.45, 7) is 9.20. The second-order valence-corrected chi connectivity index (χ2v) is 10.8. The lowest BCUT2D eigenvalue weighted by Gasteiger charge is -2.42. The minimum atomic E-state index is -1.25. The van der Waals surface area contributed by atoms with Gasteiger partial charge in [0, 0.05) is 57.9 Å². The van der Waals surface area contributed by atoms with Crippen LogP contribution in [-0.2, 0) is 4.79 Å². The minimum absolute atomic E-state index is 0.0673. The molecule has 0 aromatic heterocycles. The Bertz CT molecular complexity index is 1080. The lowest BCUT2D eigenvalue weighted by Crippen LogP contribution is -2.55. The van der Waals surface area contributed by atoms with E-state index in [0.717, 1.165) is 30.1 Å². The molecule has 2 aliphatic heterocycles. The molecule has 0 aliphatic carbocycles. The second-order valence-electron chi connectivity index (χ2n) is 10.8. The van der Waals surface area contributed by atoms with Crippen LogP contribution in [0.4, 0.5) is 5.69 Å². The highest BCUT2D eigenvalue weighted by atomic mass is 16.5. The van der Waals surface area contributed by atoms with Gasteiger partial charge in [-0.2, -0.15) is 0 Å². The van der Waals surface area contributed by atoms with Crippen LogP contribution in [0.3, 0.4) is 0 Å². The van der Waals surface area contributed by atoms with E-state index in [1.165, 1.54) is 12.5 Å².